The van der Waals surface area contributed by atoms with E-state index in [2.05, 4.69) is 5.32 Å². The van der Waals surface area contributed by atoms with Crippen molar-refractivity contribution in [2.75, 3.05) is 5.32 Å². The van der Waals surface area contributed by atoms with Gasteiger partial charge >= 0.3 is 5.97 Å². The van der Waals surface area contributed by atoms with Crippen molar-refractivity contribution in [1.29, 1.82) is 5.26 Å². The summed E-state index contributed by atoms with van der Waals surface area (Å²) in [4.78, 5) is 33.1. The van der Waals surface area contributed by atoms with Gasteiger partial charge in [0.25, 0.3) is 11.6 Å². The Morgan fingerprint density at radius 2 is 1.77 bits per heavy atom. The second kappa shape index (κ2) is 8.21. The number of nitro benzene ring substituents is 1. The number of nitro groups is 1. The van der Waals surface area contributed by atoms with E-state index in [1.807, 2.05) is 0 Å². The summed E-state index contributed by atoms with van der Waals surface area (Å²) in [7, 11) is 0. The van der Waals surface area contributed by atoms with Crippen molar-refractivity contribution in [3.8, 4) is 11.8 Å². The van der Waals surface area contributed by atoms with Crippen molar-refractivity contribution < 1.29 is 19.2 Å². The summed E-state index contributed by atoms with van der Waals surface area (Å²) in [6, 6.07) is 13.3. The SMILES string of the molecule is CC(=O)Oc1ccc(/C=C(\C#N)C(=O)Nc2ccc([N+](=O)[O-])cc2)cc1. The van der Waals surface area contributed by atoms with Crippen LogP contribution in [-0.2, 0) is 9.59 Å². The van der Waals surface area contributed by atoms with E-state index in [1.54, 1.807) is 18.2 Å². The smallest absolute Gasteiger partial charge is 0.308 e. The highest BCUT2D eigenvalue weighted by molar-refractivity contribution is 6.09. The number of carbonyl (C=O) groups excluding carboxylic acids is 2. The van der Waals surface area contributed by atoms with E-state index in [0.717, 1.165) is 0 Å². The molecule has 26 heavy (non-hydrogen) atoms. The maximum Gasteiger partial charge on any atom is 0.308 e. The van der Waals surface area contributed by atoms with Gasteiger partial charge in [0.2, 0.25) is 0 Å². The Morgan fingerprint density at radius 1 is 1.15 bits per heavy atom. The molecule has 1 amide bonds. The molecule has 0 aliphatic rings. The lowest BCUT2D eigenvalue weighted by molar-refractivity contribution is -0.384. The Balaban J connectivity index is 2.12. The molecular weight excluding hydrogens is 338 g/mol. The van der Waals surface area contributed by atoms with Crippen LogP contribution in [0, 0.1) is 21.4 Å². The molecule has 0 heterocycles. The van der Waals surface area contributed by atoms with Gasteiger partial charge < -0.3 is 10.1 Å². The van der Waals surface area contributed by atoms with Crippen LogP contribution in [0.4, 0.5) is 11.4 Å². The summed E-state index contributed by atoms with van der Waals surface area (Å²) in [5.74, 6) is -0.748. The van der Waals surface area contributed by atoms with Crippen LogP contribution in [0.15, 0.2) is 54.1 Å². The van der Waals surface area contributed by atoms with Crippen LogP contribution in [0.5, 0.6) is 5.75 Å². The second-order valence-corrected chi connectivity index (χ2v) is 5.09. The molecule has 0 unspecified atom stereocenters. The molecule has 2 aromatic carbocycles. The Morgan fingerprint density at radius 3 is 2.27 bits per heavy atom. The van der Waals surface area contributed by atoms with Gasteiger partial charge in [-0.25, -0.2) is 0 Å². The van der Waals surface area contributed by atoms with Crippen molar-refractivity contribution in [3.05, 3.63) is 69.8 Å². The van der Waals surface area contributed by atoms with E-state index < -0.39 is 16.8 Å². The second-order valence-electron chi connectivity index (χ2n) is 5.09. The van der Waals surface area contributed by atoms with Gasteiger partial charge in [0, 0.05) is 24.7 Å². The van der Waals surface area contributed by atoms with Gasteiger partial charge in [-0.3, -0.25) is 19.7 Å². The predicted octanol–water partition coefficient (Wildman–Crippen LogP) is 3.07. The van der Waals surface area contributed by atoms with Gasteiger partial charge in [-0.1, -0.05) is 12.1 Å². The molecule has 0 aliphatic carbocycles. The van der Waals surface area contributed by atoms with Gasteiger partial charge in [0.05, 0.1) is 4.92 Å². The van der Waals surface area contributed by atoms with E-state index >= 15 is 0 Å². The van der Waals surface area contributed by atoms with Crippen LogP contribution in [0.3, 0.4) is 0 Å². The van der Waals surface area contributed by atoms with E-state index in [9.17, 15) is 25.0 Å². The summed E-state index contributed by atoms with van der Waals surface area (Å²) < 4.78 is 4.90. The lowest BCUT2D eigenvalue weighted by atomic mass is 10.1. The van der Waals surface area contributed by atoms with Gasteiger partial charge in [-0.05, 0) is 35.9 Å². The molecule has 0 radical (unpaired) electrons. The molecular formula is C18H13N3O5. The van der Waals surface area contributed by atoms with E-state index in [1.165, 1.54) is 49.4 Å². The molecule has 0 aliphatic heterocycles. The van der Waals surface area contributed by atoms with Crippen LogP contribution >= 0.6 is 0 Å². The number of hydrogen-bond acceptors (Lipinski definition) is 6. The number of ether oxygens (including phenoxy) is 1. The minimum atomic E-state index is -0.648. The topological polar surface area (TPSA) is 122 Å². The largest absolute Gasteiger partial charge is 0.427 e. The number of non-ortho nitro benzene ring substituents is 1. The first-order chi connectivity index (χ1) is 12.4. The number of hydrogen-bond donors (Lipinski definition) is 1. The Hall–Kier alpha value is -3.99. The summed E-state index contributed by atoms with van der Waals surface area (Å²) in [6.45, 7) is 1.28. The van der Waals surface area contributed by atoms with E-state index in [4.69, 9.17) is 4.74 Å². The molecule has 2 aromatic rings. The fourth-order valence-electron chi connectivity index (χ4n) is 1.98. The van der Waals surface area contributed by atoms with Crippen LogP contribution in [0.1, 0.15) is 12.5 Å². The number of esters is 1. The van der Waals surface area contributed by atoms with Gasteiger partial charge in [-0.15, -0.1) is 0 Å². The number of carbonyl (C=O) groups is 2. The average Bonchev–Trinajstić information content (AvgIpc) is 2.61. The zero-order valence-corrected chi connectivity index (χ0v) is 13.6. The molecule has 1 N–H and O–H groups in total. The Kier molecular flexibility index (Phi) is 5.79. The van der Waals surface area contributed by atoms with Gasteiger partial charge in [0.15, 0.2) is 0 Å². The predicted molar refractivity (Wildman–Crippen MR) is 93.1 cm³/mol. The average molecular weight is 351 g/mol. The number of anilines is 1. The van der Waals surface area contributed by atoms with Crippen LogP contribution in [0.25, 0.3) is 6.08 Å². The molecule has 8 nitrogen and oxygen atoms in total. The molecule has 0 fully saturated rings. The fraction of sp³-hybridized carbons (Fsp3) is 0.0556. The lowest BCUT2D eigenvalue weighted by Gasteiger charge is -2.04. The number of nitriles is 1. The van der Waals surface area contributed by atoms with E-state index in [-0.39, 0.29) is 11.3 Å². The third-order valence-corrected chi connectivity index (χ3v) is 3.15. The Labute approximate surface area is 148 Å². The highest BCUT2D eigenvalue weighted by atomic mass is 16.6. The molecule has 0 spiro atoms. The summed E-state index contributed by atoms with van der Waals surface area (Å²) in [5.41, 5.74) is 0.638. The van der Waals surface area contributed by atoms with Crippen molar-refractivity contribution in [3.63, 3.8) is 0 Å². The third-order valence-electron chi connectivity index (χ3n) is 3.15. The van der Waals surface area contributed by atoms with Crippen LogP contribution < -0.4 is 10.1 Å². The first-order valence-corrected chi connectivity index (χ1v) is 7.35. The monoisotopic (exact) mass is 351 g/mol. The molecule has 2 rings (SSSR count). The molecule has 0 saturated carbocycles. The Bertz CT molecular complexity index is 909. The number of nitrogens with zero attached hydrogens (tertiary/aromatic N) is 2. The van der Waals surface area contributed by atoms with Crippen LogP contribution in [-0.4, -0.2) is 16.8 Å². The first-order valence-electron chi connectivity index (χ1n) is 7.35. The van der Waals surface area contributed by atoms with Crippen molar-refractivity contribution in [1.82, 2.24) is 0 Å². The number of amides is 1. The summed E-state index contributed by atoms with van der Waals surface area (Å²) >= 11 is 0. The molecule has 0 atom stereocenters. The van der Waals surface area contributed by atoms with E-state index in [0.29, 0.717) is 17.0 Å². The lowest BCUT2D eigenvalue weighted by Crippen LogP contribution is -2.13. The van der Waals surface area contributed by atoms with Gasteiger partial charge in [-0.2, -0.15) is 5.26 Å². The normalized spacial score (nSPS) is 10.5. The van der Waals surface area contributed by atoms with Crippen molar-refractivity contribution in [2.24, 2.45) is 0 Å². The zero-order chi connectivity index (χ0) is 19.1. The highest BCUT2D eigenvalue weighted by Crippen LogP contribution is 2.18. The minimum absolute atomic E-state index is 0.105. The molecule has 0 aromatic heterocycles. The van der Waals surface area contributed by atoms with Crippen LogP contribution in [0.2, 0.25) is 0 Å². The maximum absolute atomic E-state index is 12.2. The highest BCUT2D eigenvalue weighted by Gasteiger charge is 2.11. The summed E-state index contributed by atoms with van der Waals surface area (Å²) in [6.07, 6.45) is 1.37. The number of benzene rings is 2. The summed E-state index contributed by atoms with van der Waals surface area (Å²) in [5, 5.41) is 22.3. The number of rotatable bonds is 5. The molecule has 0 saturated heterocycles. The minimum Gasteiger partial charge on any atom is -0.427 e. The van der Waals surface area contributed by atoms with Crippen molar-refractivity contribution >= 4 is 29.3 Å². The van der Waals surface area contributed by atoms with Gasteiger partial charge in [0.1, 0.15) is 17.4 Å². The third kappa shape index (κ3) is 5.01. The molecule has 130 valence electrons. The fourth-order valence-corrected chi connectivity index (χ4v) is 1.98. The quantitative estimate of drug-likeness (QED) is 0.221. The zero-order valence-electron chi connectivity index (χ0n) is 13.6. The van der Waals surface area contributed by atoms with Crippen molar-refractivity contribution in [2.45, 2.75) is 6.92 Å². The first kappa shape index (κ1) is 18.4. The molecule has 8 heteroatoms. The maximum atomic E-state index is 12.2. The number of nitrogens with one attached hydrogen (secondary N) is 1. The molecule has 0 bridgehead atoms. The standard InChI is InChI=1S/C18H13N3O5/c1-12(22)26-17-8-2-13(3-9-17)10-14(11-19)18(23)20-15-4-6-16(7-5-15)21(24)25/h2-10H,1H3,(H,20,23)/b14-10+.